The summed E-state index contributed by atoms with van der Waals surface area (Å²) in [4.78, 5) is 0. The first-order valence-corrected chi connectivity index (χ1v) is 2.05. The molecule has 0 saturated carbocycles. The van der Waals surface area contributed by atoms with Gasteiger partial charge in [0.15, 0.2) is 0 Å². The molecule has 0 aliphatic rings. The van der Waals surface area contributed by atoms with Crippen LogP contribution in [0.15, 0.2) is 0 Å². The van der Waals surface area contributed by atoms with E-state index in [1.807, 2.05) is 20.3 Å². The molecule has 0 aliphatic heterocycles. The normalized spacial score (nSPS) is 5.14. The van der Waals surface area contributed by atoms with E-state index in [9.17, 15) is 0 Å². The summed E-state index contributed by atoms with van der Waals surface area (Å²) < 4.78 is 0. The van der Waals surface area contributed by atoms with Crippen LogP contribution in [-0.4, -0.2) is 14.1 Å². The van der Waals surface area contributed by atoms with Crippen molar-refractivity contribution in [3.63, 3.8) is 0 Å². The maximum Gasteiger partial charge on any atom is 0 e. The number of hydrogen-bond donors (Lipinski definition) is 0. The molecule has 0 amide bonds. The van der Waals surface area contributed by atoms with E-state index in [2.05, 4.69) is 5.32 Å². The maximum absolute atomic E-state index is 3.50. The fourth-order valence-electron chi connectivity index (χ4n) is 0. The Morgan fingerprint density at radius 3 is 1.14 bits per heavy atom. The van der Waals surface area contributed by atoms with Crippen LogP contribution in [-0.2, 0) is 32.7 Å². The Kier molecular flexibility index (Phi) is 62.0. The summed E-state index contributed by atoms with van der Waals surface area (Å²) >= 11 is 0. The first-order chi connectivity index (χ1) is 2.83. The van der Waals surface area contributed by atoms with Gasteiger partial charge in [0.05, 0.1) is 0 Å². The summed E-state index contributed by atoms with van der Waals surface area (Å²) in [5.74, 6) is 0. The Balaban J connectivity index is -0.0000000400. The van der Waals surface area contributed by atoms with E-state index >= 15 is 0 Å². The van der Waals surface area contributed by atoms with Crippen molar-refractivity contribution in [3.8, 4) is 0 Å². The van der Waals surface area contributed by atoms with Gasteiger partial charge in [0.2, 0.25) is 0 Å². The van der Waals surface area contributed by atoms with Crippen LogP contribution in [0.5, 0.6) is 0 Å². The van der Waals surface area contributed by atoms with Crippen LogP contribution in [0, 0.1) is 6.42 Å². The number of rotatable bonds is 0. The third-order valence-corrected chi connectivity index (χ3v) is 0. The molecule has 0 bridgehead atoms. The third kappa shape index (κ3) is 160. The summed E-state index contributed by atoms with van der Waals surface area (Å²) in [6, 6.07) is 0. The predicted octanol–water partition coefficient (Wildman–Crippen LogP) is 1.85. The van der Waals surface area contributed by atoms with E-state index in [0.717, 1.165) is 0 Å². The van der Waals surface area contributed by atoms with Crippen LogP contribution in [0.4, 0.5) is 0 Å². The Morgan fingerprint density at radius 1 is 1.14 bits per heavy atom. The molecule has 0 aliphatic carbocycles. The van der Waals surface area contributed by atoms with Gasteiger partial charge in [-0.1, -0.05) is 0 Å². The van der Waals surface area contributed by atoms with Gasteiger partial charge >= 0.3 is 0 Å². The Labute approximate surface area is 72.1 Å². The molecule has 0 aromatic carbocycles. The molecule has 0 aromatic heterocycles. The quantitative estimate of drug-likeness (QED) is 0.500. The summed E-state index contributed by atoms with van der Waals surface area (Å²) in [5, 5.41) is 3.50. The monoisotopic (exact) mass is 176 g/mol. The minimum absolute atomic E-state index is 0. The van der Waals surface area contributed by atoms with Crippen LogP contribution in [0.2, 0.25) is 0 Å². The van der Waals surface area contributed by atoms with Crippen molar-refractivity contribution in [1.82, 2.24) is 0 Å². The van der Waals surface area contributed by atoms with E-state index in [-0.39, 0.29) is 32.7 Å². The van der Waals surface area contributed by atoms with Crippen molar-refractivity contribution in [3.05, 3.63) is 11.7 Å². The van der Waals surface area contributed by atoms with Gasteiger partial charge in [0.1, 0.15) is 0 Å². The molecule has 0 aromatic rings. The van der Waals surface area contributed by atoms with Gasteiger partial charge in [-0.2, -0.15) is 27.9 Å². The molecule has 1 nitrogen and oxygen atoms in total. The second-order valence-electron chi connectivity index (χ2n) is 1.02. The van der Waals surface area contributed by atoms with Crippen LogP contribution < -0.4 is 0 Å². The van der Waals surface area contributed by atoms with Crippen molar-refractivity contribution < 1.29 is 32.7 Å². The van der Waals surface area contributed by atoms with Crippen LogP contribution >= 0.6 is 0 Å². The van der Waals surface area contributed by atoms with E-state index in [1.54, 1.807) is 14.1 Å². The largest absolute Gasteiger partial charge is 0.668 e. The molecule has 0 spiro atoms. The number of hydrogen-bond acceptors (Lipinski definition) is 0. The van der Waals surface area contributed by atoms with Crippen molar-refractivity contribution in [1.29, 1.82) is 0 Å². The molecule has 0 N–H and O–H groups in total. The molecule has 0 fully saturated rings. The zero-order chi connectivity index (χ0) is 5.41. The van der Waals surface area contributed by atoms with E-state index in [0.29, 0.717) is 0 Å². The van der Waals surface area contributed by atoms with Gasteiger partial charge in [-0.05, 0) is 0 Å². The van der Waals surface area contributed by atoms with Gasteiger partial charge < -0.3 is 11.7 Å². The van der Waals surface area contributed by atoms with Gasteiger partial charge in [-0.15, -0.1) is 0 Å². The van der Waals surface area contributed by atoms with Crippen molar-refractivity contribution in [2.75, 3.05) is 14.1 Å². The summed E-state index contributed by atoms with van der Waals surface area (Å²) in [6.07, 6.45) is 2.00. The molecular weight excluding hydrogens is 163 g/mol. The minimum atomic E-state index is 0. The molecule has 2 heteroatoms. The van der Waals surface area contributed by atoms with Crippen LogP contribution in [0.25, 0.3) is 5.32 Å². The van der Waals surface area contributed by atoms with E-state index in [1.165, 1.54) is 0 Å². The molecule has 0 heterocycles. The molecule has 0 unspecified atom stereocenters. The van der Waals surface area contributed by atoms with Crippen LogP contribution in [0.1, 0.15) is 13.8 Å². The standard InChI is InChI=1S/C3H7.C2H6N.Y/c2*1-3-2;/h3H,1-2H3;1-2H3;/q2*-1;. The summed E-state index contributed by atoms with van der Waals surface area (Å²) in [5.41, 5.74) is 0. The molecule has 43 valence electrons. The smallest absolute Gasteiger partial charge is 0 e. The molecule has 0 rings (SSSR count). The SMILES string of the molecule is C[CH-]C.C[N-]C.[Y]. The summed E-state index contributed by atoms with van der Waals surface area (Å²) in [7, 11) is 3.50. The minimum Gasteiger partial charge on any atom is -0.668 e. The van der Waals surface area contributed by atoms with Gasteiger partial charge in [-0.3, -0.25) is 0 Å². The zero-order valence-corrected chi connectivity index (χ0v) is 8.44. The summed E-state index contributed by atoms with van der Waals surface area (Å²) in [6.45, 7) is 4.00. The first-order valence-electron chi connectivity index (χ1n) is 2.05. The second-order valence-corrected chi connectivity index (χ2v) is 1.02. The third-order valence-electron chi connectivity index (χ3n) is 0. The van der Waals surface area contributed by atoms with Crippen molar-refractivity contribution in [2.45, 2.75) is 13.8 Å². The topological polar surface area (TPSA) is 14.1 Å². The van der Waals surface area contributed by atoms with Crippen molar-refractivity contribution in [2.24, 2.45) is 0 Å². The Bertz CT molecular complexity index is 10.0. The van der Waals surface area contributed by atoms with Gasteiger partial charge in [-0.25, -0.2) is 0 Å². The number of nitrogens with zero attached hydrogens (tertiary/aromatic N) is 1. The van der Waals surface area contributed by atoms with Gasteiger partial charge in [0, 0.05) is 32.7 Å². The van der Waals surface area contributed by atoms with E-state index < -0.39 is 0 Å². The molecule has 0 saturated heterocycles. The fourth-order valence-corrected chi connectivity index (χ4v) is 0. The zero-order valence-electron chi connectivity index (χ0n) is 5.60. The Morgan fingerprint density at radius 2 is 1.14 bits per heavy atom. The average molecular weight is 176 g/mol. The molecule has 0 atom stereocenters. The predicted molar refractivity (Wildman–Crippen MR) is 30.9 cm³/mol. The van der Waals surface area contributed by atoms with E-state index in [4.69, 9.17) is 0 Å². The molecule has 7 heavy (non-hydrogen) atoms. The van der Waals surface area contributed by atoms with Crippen molar-refractivity contribution >= 4 is 0 Å². The molecule has 1 radical (unpaired) electrons. The van der Waals surface area contributed by atoms with Gasteiger partial charge in [0.25, 0.3) is 0 Å². The van der Waals surface area contributed by atoms with Crippen LogP contribution in [0.3, 0.4) is 0 Å². The maximum atomic E-state index is 3.50. The second kappa shape index (κ2) is 27.7. The Hall–Kier alpha value is 1.06. The first kappa shape index (κ1) is 15.7. The fraction of sp³-hybridized carbons (Fsp3) is 0.800. The molecular formula is C5H13NY-2. The average Bonchev–Trinajstić information content (AvgIpc) is 1.39.